The molecule has 35 heavy (non-hydrogen) atoms. The van der Waals surface area contributed by atoms with E-state index in [4.69, 9.17) is 5.10 Å². The van der Waals surface area contributed by atoms with Gasteiger partial charge < -0.3 is 4.90 Å². The molecule has 2 heterocycles. The van der Waals surface area contributed by atoms with Crippen molar-refractivity contribution in [3.05, 3.63) is 114 Å². The summed E-state index contributed by atoms with van der Waals surface area (Å²) in [5.41, 5.74) is 4.50. The summed E-state index contributed by atoms with van der Waals surface area (Å²) in [6, 6.07) is 26.4. The summed E-state index contributed by atoms with van der Waals surface area (Å²) in [7, 11) is 0. The Hall–Kier alpha value is -4.03. The zero-order valence-electron chi connectivity index (χ0n) is 19.4. The average Bonchev–Trinajstić information content (AvgIpc) is 3.33. The van der Waals surface area contributed by atoms with Gasteiger partial charge in [0.25, 0.3) is 0 Å². The van der Waals surface area contributed by atoms with Crippen LogP contribution in [0.4, 0.5) is 4.39 Å². The number of halogens is 1. The van der Waals surface area contributed by atoms with Gasteiger partial charge in [-0.1, -0.05) is 48.5 Å². The zero-order valence-corrected chi connectivity index (χ0v) is 19.4. The lowest BCUT2D eigenvalue weighted by Gasteiger charge is -2.34. The molecule has 1 saturated heterocycles. The highest BCUT2D eigenvalue weighted by molar-refractivity contribution is 5.93. The molecule has 1 aliphatic rings. The van der Waals surface area contributed by atoms with Gasteiger partial charge in [0.1, 0.15) is 5.82 Å². The first-order chi connectivity index (χ1) is 17.2. The van der Waals surface area contributed by atoms with Gasteiger partial charge in [0, 0.05) is 56.1 Å². The van der Waals surface area contributed by atoms with Crippen LogP contribution in [0, 0.1) is 5.82 Å². The van der Waals surface area contributed by atoms with E-state index in [2.05, 4.69) is 29.2 Å². The van der Waals surface area contributed by atoms with E-state index in [1.807, 2.05) is 53.6 Å². The Labute approximate surface area is 204 Å². The van der Waals surface area contributed by atoms with Gasteiger partial charge in [0.15, 0.2) is 0 Å². The van der Waals surface area contributed by atoms with E-state index in [9.17, 15) is 9.18 Å². The molecule has 0 aliphatic carbocycles. The number of carbonyl (C=O) groups excluding carboxylic acids is 1. The van der Waals surface area contributed by atoms with Gasteiger partial charge in [-0.05, 0) is 48.0 Å². The molecule has 4 aromatic rings. The molecule has 0 unspecified atom stereocenters. The zero-order chi connectivity index (χ0) is 24.0. The topological polar surface area (TPSA) is 41.4 Å². The third kappa shape index (κ3) is 5.55. The molecule has 0 atom stereocenters. The predicted molar refractivity (Wildman–Crippen MR) is 136 cm³/mol. The van der Waals surface area contributed by atoms with Crippen LogP contribution in [0.2, 0.25) is 0 Å². The van der Waals surface area contributed by atoms with Crippen molar-refractivity contribution in [1.29, 1.82) is 0 Å². The third-order valence-electron chi connectivity index (χ3n) is 6.22. The molecular weight excluding hydrogens is 439 g/mol. The van der Waals surface area contributed by atoms with E-state index in [0.717, 1.165) is 36.4 Å². The first-order valence-corrected chi connectivity index (χ1v) is 11.8. The van der Waals surface area contributed by atoms with E-state index in [1.165, 1.54) is 17.7 Å². The van der Waals surface area contributed by atoms with Crippen molar-refractivity contribution >= 4 is 12.0 Å². The Morgan fingerprint density at radius 1 is 0.857 bits per heavy atom. The molecule has 176 valence electrons. The molecule has 0 spiro atoms. The van der Waals surface area contributed by atoms with Gasteiger partial charge in [-0.3, -0.25) is 9.69 Å². The number of piperazine rings is 1. The van der Waals surface area contributed by atoms with E-state index >= 15 is 0 Å². The van der Waals surface area contributed by atoms with Gasteiger partial charge in [0.05, 0.1) is 11.4 Å². The number of hydrogen-bond acceptors (Lipinski definition) is 3. The molecule has 1 aromatic heterocycles. The lowest BCUT2D eigenvalue weighted by molar-refractivity contribution is -0.127. The fourth-order valence-electron chi connectivity index (χ4n) is 4.29. The van der Waals surface area contributed by atoms with Gasteiger partial charge in [0.2, 0.25) is 5.91 Å². The van der Waals surface area contributed by atoms with Crippen LogP contribution in [0.1, 0.15) is 11.1 Å². The van der Waals surface area contributed by atoms with Crippen LogP contribution in [-0.2, 0) is 11.3 Å². The Morgan fingerprint density at radius 3 is 2.20 bits per heavy atom. The molecular formula is C29H27FN4O. The summed E-state index contributed by atoms with van der Waals surface area (Å²) in [5.74, 6) is -0.309. The van der Waals surface area contributed by atoms with E-state index in [1.54, 1.807) is 22.9 Å². The number of aromatic nitrogens is 2. The van der Waals surface area contributed by atoms with Crippen molar-refractivity contribution in [1.82, 2.24) is 19.6 Å². The van der Waals surface area contributed by atoms with Crippen molar-refractivity contribution < 1.29 is 9.18 Å². The number of amides is 1. The highest BCUT2D eigenvalue weighted by Gasteiger charge is 2.20. The Morgan fingerprint density at radius 2 is 1.51 bits per heavy atom. The highest BCUT2D eigenvalue weighted by atomic mass is 19.1. The summed E-state index contributed by atoms with van der Waals surface area (Å²) in [4.78, 5) is 17.2. The number of hydrogen-bond donors (Lipinski definition) is 0. The van der Waals surface area contributed by atoms with Crippen molar-refractivity contribution in [3.8, 4) is 16.9 Å². The summed E-state index contributed by atoms with van der Waals surface area (Å²) in [6.07, 6.45) is 5.33. The number of carbonyl (C=O) groups is 1. The molecule has 1 amide bonds. The Kier molecular flexibility index (Phi) is 6.82. The molecule has 6 heteroatoms. The second-order valence-electron chi connectivity index (χ2n) is 8.64. The van der Waals surface area contributed by atoms with Crippen molar-refractivity contribution in [3.63, 3.8) is 0 Å². The van der Waals surface area contributed by atoms with Crippen LogP contribution in [0.3, 0.4) is 0 Å². The number of benzene rings is 3. The lowest BCUT2D eigenvalue weighted by atomic mass is 10.1. The molecule has 0 radical (unpaired) electrons. The maximum Gasteiger partial charge on any atom is 0.246 e. The molecule has 5 rings (SSSR count). The summed E-state index contributed by atoms with van der Waals surface area (Å²) >= 11 is 0. The van der Waals surface area contributed by atoms with Crippen molar-refractivity contribution in [2.75, 3.05) is 26.2 Å². The Bertz CT molecular complexity index is 1290. The standard InChI is InChI=1S/C29H27FN4O/c30-26-14-11-24(12-15-26)29-25(22-34(31-29)27-9-5-2-6-10-27)13-16-28(35)33-19-17-32(18-20-33)21-23-7-3-1-4-8-23/h1-16,22H,17-21H2. The van der Waals surface area contributed by atoms with Crippen LogP contribution < -0.4 is 0 Å². The monoisotopic (exact) mass is 466 g/mol. The fourth-order valence-corrected chi connectivity index (χ4v) is 4.29. The van der Waals surface area contributed by atoms with Gasteiger partial charge in [-0.25, -0.2) is 9.07 Å². The van der Waals surface area contributed by atoms with Gasteiger partial charge in [-0.2, -0.15) is 5.10 Å². The molecule has 3 aromatic carbocycles. The first-order valence-electron chi connectivity index (χ1n) is 11.8. The minimum Gasteiger partial charge on any atom is -0.337 e. The second-order valence-corrected chi connectivity index (χ2v) is 8.64. The van der Waals surface area contributed by atoms with E-state index in [0.29, 0.717) is 18.8 Å². The van der Waals surface area contributed by atoms with Crippen molar-refractivity contribution in [2.45, 2.75) is 6.54 Å². The molecule has 1 aliphatic heterocycles. The SMILES string of the molecule is O=C(C=Cc1cn(-c2ccccc2)nc1-c1ccc(F)cc1)N1CCN(Cc2ccccc2)CC1. The Balaban J connectivity index is 1.30. The van der Waals surface area contributed by atoms with Gasteiger partial charge >= 0.3 is 0 Å². The van der Waals surface area contributed by atoms with Crippen LogP contribution in [-0.4, -0.2) is 51.7 Å². The van der Waals surface area contributed by atoms with Crippen LogP contribution in [0.25, 0.3) is 23.0 Å². The number of nitrogens with zero attached hydrogens (tertiary/aromatic N) is 4. The number of para-hydroxylation sites is 1. The van der Waals surface area contributed by atoms with Crippen molar-refractivity contribution in [2.24, 2.45) is 0 Å². The summed E-state index contributed by atoms with van der Waals surface area (Å²) in [5, 5.41) is 4.73. The molecule has 0 bridgehead atoms. The number of rotatable bonds is 6. The minimum atomic E-state index is -0.296. The molecule has 0 N–H and O–H groups in total. The van der Waals surface area contributed by atoms with Crippen LogP contribution in [0.15, 0.2) is 97.2 Å². The minimum absolute atomic E-state index is 0.0121. The van der Waals surface area contributed by atoms with Gasteiger partial charge in [-0.15, -0.1) is 0 Å². The largest absolute Gasteiger partial charge is 0.337 e. The maximum atomic E-state index is 13.5. The van der Waals surface area contributed by atoms with Crippen LogP contribution >= 0.6 is 0 Å². The summed E-state index contributed by atoms with van der Waals surface area (Å²) < 4.78 is 15.3. The smallest absolute Gasteiger partial charge is 0.246 e. The molecule has 5 nitrogen and oxygen atoms in total. The van der Waals surface area contributed by atoms with Crippen LogP contribution in [0.5, 0.6) is 0 Å². The highest BCUT2D eigenvalue weighted by Crippen LogP contribution is 2.25. The first kappa shape index (κ1) is 22.7. The maximum absolute atomic E-state index is 13.5. The molecule has 1 fully saturated rings. The quantitative estimate of drug-likeness (QED) is 0.374. The van der Waals surface area contributed by atoms with E-state index < -0.39 is 0 Å². The third-order valence-corrected chi connectivity index (χ3v) is 6.22. The average molecular weight is 467 g/mol. The second kappa shape index (κ2) is 10.5. The normalized spacial score (nSPS) is 14.5. The lowest BCUT2D eigenvalue weighted by Crippen LogP contribution is -2.47. The predicted octanol–water partition coefficient (Wildman–Crippen LogP) is 5.04. The van der Waals surface area contributed by atoms with E-state index in [-0.39, 0.29) is 11.7 Å². The summed E-state index contributed by atoms with van der Waals surface area (Å²) in [6.45, 7) is 4.00. The molecule has 0 saturated carbocycles. The fraction of sp³-hybridized carbons (Fsp3) is 0.172.